The molecule has 4 heteroatoms. The van der Waals surface area contributed by atoms with Crippen molar-refractivity contribution in [2.75, 3.05) is 0 Å². The zero-order valence-corrected chi connectivity index (χ0v) is 12.9. The van der Waals surface area contributed by atoms with Crippen molar-refractivity contribution in [3.8, 4) is 21.1 Å². The molecule has 0 amide bonds. The summed E-state index contributed by atoms with van der Waals surface area (Å²) < 4.78 is 0. The van der Waals surface area contributed by atoms with Gasteiger partial charge in [-0.15, -0.1) is 22.7 Å². The second-order valence-corrected chi connectivity index (χ2v) is 6.58. The highest BCUT2D eigenvalue weighted by Gasteiger charge is 2.08. The van der Waals surface area contributed by atoms with E-state index in [4.69, 9.17) is 10.7 Å². The summed E-state index contributed by atoms with van der Waals surface area (Å²) in [6.45, 7) is 2.76. The van der Waals surface area contributed by atoms with Crippen molar-refractivity contribution in [3.63, 3.8) is 0 Å². The number of thiophene rings is 1. The summed E-state index contributed by atoms with van der Waals surface area (Å²) in [6, 6.07) is 12.7. The van der Waals surface area contributed by atoms with Crippen LogP contribution >= 0.6 is 22.7 Å². The molecule has 1 aromatic carbocycles. The molecule has 2 heterocycles. The van der Waals surface area contributed by atoms with E-state index < -0.39 is 0 Å². The van der Waals surface area contributed by atoms with Crippen molar-refractivity contribution in [2.45, 2.75) is 19.9 Å². The maximum Gasteiger partial charge on any atom is 0.124 e. The van der Waals surface area contributed by atoms with E-state index in [1.807, 2.05) is 11.3 Å². The minimum Gasteiger partial charge on any atom is -0.326 e. The van der Waals surface area contributed by atoms with Gasteiger partial charge >= 0.3 is 0 Å². The number of nitrogens with two attached hydrogens (primary N) is 1. The first-order valence-corrected chi connectivity index (χ1v) is 8.33. The molecule has 2 aromatic heterocycles. The lowest BCUT2D eigenvalue weighted by Crippen LogP contribution is -1.95. The molecule has 3 rings (SSSR count). The predicted molar refractivity (Wildman–Crippen MR) is 88.1 cm³/mol. The van der Waals surface area contributed by atoms with Crippen LogP contribution in [0.1, 0.15) is 17.4 Å². The van der Waals surface area contributed by atoms with Crippen molar-refractivity contribution in [2.24, 2.45) is 5.73 Å². The van der Waals surface area contributed by atoms with Crippen LogP contribution < -0.4 is 5.73 Å². The lowest BCUT2D eigenvalue weighted by molar-refractivity contribution is 1.07. The highest BCUT2D eigenvalue weighted by Crippen LogP contribution is 2.32. The van der Waals surface area contributed by atoms with Gasteiger partial charge in [-0.25, -0.2) is 4.98 Å². The molecular weight excluding hydrogens is 284 g/mol. The quantitative estimate of drug-likeness (QED) is 0.767. The second-order valence-electron chi connectivity index (χ2n) is 4.56. The maximum absolute atomic E-state index is 5.62. The van der Waals surface area contributed by atoms with Crippen molar-refractivity contribution in [3.05, 3.63) is 52.2 Å². The summed E-state index contributed by atoms with van der Waals surface area (Å²) in [5.41, 5.74) is 9.01. The molecule has 2 N–H and O–H groups in total. The Bertz CT molecular complexity index is 695. The summed E-state index contributed by atoms with van der Waals surface area (Å²) in [5.74, 6) is 0. The van der Waals surface area contributed by atoms with E-state index in [1.54, 1.807) is 11.3 Å². The molecule has 0 saturated carbocycles. The van der Waals surface area contributed by atoms with Crippen LogP contribution in [-0.2, 0) is 13.0 Å². The van der Waals surface area contributed by atoms with Gasteiger partial charge in [0.05, 0.1) is 10.6 Å². The van der Waals surface area contributed by atoms with Crippen LogP contribution in [0.15, 0.2) is 41.8 Å². The van der Waals surface area contributed by atoms with Crippen LogP contribution in [0.4, 0.5) is 0 Å². The Hall–Kier alpha value is -1.49. The van der Waals surface area contributed by atoms with Crippen LogP contribution in [0.2, 0.25) is 0 Å². The molecule has 0 bridgehead atoms. The summed E-state index contributed by atoms with van der Waals surface area (Å²) in [6.07, 6.45) is 1.09. The van der Waals surface area contributed by atoms with E-state index in [9.17, 15) is 0 Å². The Morgan fingerprint density at radius 1 is 1.10 bits per heavy atom. The molecule has 0 atom stereocenters. The van der Waals surface area contributed by atoms with E-state index in [1.165, 1.54) is 9.75 Å². The zero-order valence-electron chi connectivity index (χ0n) is 11.3. The topological polar surface area (TPSA) is 38.9 Å². The van der Waals surface area contributed by atoms with Gasteiger partial charge in [0, 0.05) is 22.4 Å². The molecule has 0 aliphatic rings. The van der Waals surface area contributed by atoms with E-state index >= 15 is 0 Å². The van der Waals surface area contributed by atoms with Crippen molar-refractivity contribution >= 4 is 22.7 Å². The molecule has 0 unspecified atom stereocenters. The van der Waals surface area contributed by atoms with E-state index in [0.717, 1.165) is 28.2 Å². The van der Waals surface area contributed by atoms with E-state index in [-0.39, 0.29) is 0 Å². The monoisotopic (exact) mass is 300 g/mol. The smallest absolute Gasteiger partial charge is 0.124 e. The van der Waals surface area contributed by atoms with Gasteiger partial charge in [-0.1, -0.05) is 31.2 Å². The van der Waals surface area contributed by atoms with Crippen LogP contribution in [-0.4, -0.2) is 4.98 Å². The Morgan fingerprint density at radius 3 is 2.55 bits per heavy atom. The summed E-state index contributed by atoms with van der Waals surface area (Å²) in [7, 11) is 0. The third-order valence-corrected chi connectivity index (χ3v) is 5.35. The number of thiazole rings is 1. The number of nitrogens with zero attached hydrogens (tertiary/aromatic N) is 1. The fourth-order valence-electron chi connectivity index (χ4n) is 2.01. The van der Waals surface area contributed by atoms with Crippen LogP contribution in [0.5, 0.6) is 0 Å². The van der Waals surface area contributed by atoms with Gasteiger partial charge in [0.2, 0.25) is 0 Å². The van der Waals surface area contributed by atoms with Crippen molar-refractivity contribution in [1.29, 1.82) is 0 Å². The van der Waals surface area contributed by atoms with Gasteiger partial charge in [-0.05, 0) is 24.1 Å². The predicted octanol–water partition coefficient (Wildman–Crippen LogP) is 4.56. The van der Waals surface area contributed by atoms with E-state index in [2.05, 4.69) is 48.7 Å². The molecule has 0 aliphatic heterocycles. The minimum absolute atomic E-state index is 0.582. The Labute approximate surface area is 126 Å². The van der Waals surface area contributed by atoms with Gasteiger partial charge in [0.25, 0.3) is 0 Å². The summed E-state index contributed by atoms with van der Waals surface area (Å²) >= 11 is 3.52. The van der Waals surface area contributed by atoms with Gasteiger partial charge in [-0.3, -0.25) is 0 Å². The highest BCUT2D eigenvalue weighted by atomic mass is 32.1. The number of hydrogen-bond acceptors (Lipinski definition) is 4. The third-order valence-electron chi connectivity index (χ3n) is 3.20. The summed E-state index contributed by atoms with van der Waals surface area (Å²) in [4.78, 5) is 7.41. The first kappa shape index (κ1) is 13.5. The second kappa shape index (κ2) is 5.87. The van der Waals surface area contributed by atoms with Crippen LogP contribution in [0, 0.1) is 0 Å². The normalized spacial score (nSPS) is 10.9. The SMILES string of the molecule is CCc1ccc(-c2csc(-c3ccc(CN)cc3)n2)s1. The van der Waals surface area contributed by atoms with Crippen LogP contribution in [0.25, 0.3) is 21.1 Å². The minimum atomic E-state index is 0.582. The lowest BCUT2D eigenvalue weighted by Gasteiger charge is -1.98. The number of rotatable bonds is 4. The molecule has 20 heavy (non-hydrogen) atoms. The molecule has 0 saturated heterocycles. The Balaban J connectivity index is 1.88. The number of hydrogen-bond donors (Lipinski definition) is 1. The first-order chi connectivity index (χ1) is 9.80. The third kappa shape index (κ3) is 2.68. The molecule has 0 spiro atoms. The number of benzene rings is 1. The van der Waals surface area contributed by atoms with Gasteiger partial charge in [-0.2, -0.15) is 0 Å². The number of aromatic nitrogens is 1. The van der Waals surface area contributed by atoms with Gasteiger partial charge < -0.3 is 5.73 Å². The van der Waals surface area contributed by atoms with Crippen LogP contribution in [0.3, 0.4) is 0 Å². The standard InChI is InChI=1S/C16H16N2S2/c1-2-13-7-8-15(20-13)14-10-19-16(18-14)12-5-3-11(9-17)4-6-12/h3-8,10H,2,9,17H2,1H3. The average molecular weight is 300 g/mol. The Morgan fingerprint density at radius 2 is 1.90 bits per heavy atom. The molecule has 2 nitrogen and oxygen atoms in total. The summed E-state index contributed by atoms with van der Waals surface area (Å²) in [5, 5.41) is 3.20. The molecule has 102 valence electrons. The lowest BCUT2D eigenvalue weighted by atomic mass is 10.1. The van der Waals surface area contributed by atoms with E-state index in [0.29, 0.717) is 6.54 Å². The largest absolute Gasteiger partial charge is 0.326 e. The molecular formula is C16H16N2S2. The fourth-order valence-corrected chi connectivity index (χ4v) is 3.82. The van der Waals surface area contributed by atoms with Crippen molar-refractivity contribution < 1.29 is 0 Å². The zero-order chi connectivity index (χ0) is 13.9. The maximum atomic E-state index is 5.62. The van der Waals surface area contributed by atoms with Crippen molar-refractivity contribution in [1.82, 2.24) is 4.98 Å². The number of aryl methyl sites for hydroxylation is 1. The molecule has 0 fully saturated rings. The Kier molecular flexibility index (Phi) is 3.96. The van der Waals surface area contributed by atoms with Gasteiger partial charge in [0.15, 0.2) is 0 Å². The molecule has 0 radical (unpaired) electrons. The highest BCUT2D eigenvalue weighted by molar-refractivity contribution is 7.16. The first-order valence-electron chi connectivity index (χ1n) is 6.64. The average Bonchev–Trinajstić information content (AvgIpc) is 3.16. The molecule has 3 aromatic rings. The molecule has 0 aliphatic carbocycles. The van der Waals surface area contributed by atoms with Gasteiger partial charge in [0.1, 0.15) is 5.01 Å². The fraction of sp³-hybridized carbons (Fsp3) is 0.188.